The van der Waals surface area contributed by atoms with Gasteiger partial charge >= 0.3 is 0 Å². The van der Waals surface area contributed by atoms with E-state index in [1.165, 1.54) is 11.1 Å². The number of thiophene rings is 1. The number of aryl methyl sites for hydroxylation is 1. The van der Waals surface area contributed by atoms with Gasteiger partial charge in [0.15, 0.2) is 10.9 Å². The molecule has 140 valence electrons. The molecule has 0 aliphatic carbocycles. The SMILES string of the molecule is Cc1cccc(-c2cc3ncnc(NNC(=S)NC[C@@H]4CCCO4)c3s2)c1. The minimum Gasteiger partial charge on any atom is -0.376 e. The van der Waals surface area contributed by atoms with Crippen molar-refractivity contribution in [1.82, 2.24) is 20.7 Å². The van der Waals surface area contributed by atoms with E-state index in [0.717, 1.165) is 34.5 Å². The predicted molar refractivity (Wildman–Crippen MR) is 114 cm³/mol. The van der Waals surface area contributed by atoms with Crippen molar-refractivity contribution < 1.29 is 4.74 Å². The molecule has 2 aromatic heterocycles. The maximum atomic E-state index is 5.59. The van der Waals surface area contributed by atoms with Gasteiger partial charge in [0.1, 0.15) is 6.33 Å². The molecule has 0 spiro atoms. The summed E-state index contributed by atoms with van der Waals surface area (Å²) >= 11 is 6.99. The molecule has 1 aromatic carbocycles. The number of benzene rings is 1. The molecule has 0 radical (unpaired) electrons. The van der Waals surface area contributed by atoms with Crippen LogP contribution in [0.5, 0.6) is 0 Å². The Balaban J connectivity index is 1.44. The number of hydrogen-bond donors (Lipinski definition) is 3. The van der Waals surface area contributed by atoms with Crippen molar-refractivity contribution in [2.75, 3.05) is 18.6 Å². The Labute approximate surface area is 167 Å². The summed E-state index contributed by atoms with van der Waals surface area (Å²) in [4.78, 5) is 9.91. The quantitative estimate of drug-likeness (QED) is 0.447. The zero-order valence-corrected chi connectivity index (χ0v) is 16.6. The van der Waals surface area contributed by atoms with E-state index in [1.807, 2.05) is 0 Å². The third kappa shape index (κ3) is 4.35. The zero-order chi connectivity index (χ0) is 18.6. The first-order valence-corrected chi connectivity index (χ1v) is 10.1. The lowest BCUT2D eigenvalue weighted by Crippen LogP contribution is -2.42. The summed E-state index contributed by atoms with van der Waals surface area (Å²) in [6, 6.07) is 10.5. The van der Waals surface area contributed by atoms with Gasteiger partial charge in [0.05, 0.1) is 16.3 Å². The molecule has 3 heterocycles. The Bertz CT molecular complexity index is 952. The third-order valence-corrected chi connectivity index (χ3v) is 5.85. The Morgan fingerprint density at radius 2 is 2.26 bits per heavy atom. The fraction of sp³-hybridized carbons (Fsp3) is 0.316. The highest BCUT2D eigenvalue weighted by Gasteiger charge is 2.15. The molecular weight excluding hydrogens is 378 g/mol. The summed E-state index contributed by atoms with van der Waals surface area (Å²) in [6.07, 6.45) is 3.99. The van der Waals surface area contributed by atoms with Crippen LogP contribution in [0.25, 0.3) is 20.7 Å². The molecule has 1 saturated heterocycles. The van der Waals surface area contributed by atoms with Crippen LogP contribution >= 0.6 is 23.6 Å². The topological polar surface area (TPSA) is 71.1 Å². The van der Waals surface area contributed by atoms with Gasteiger partial charge in [0.2, 0.25) is 0 Å². The number of thiocarbonyl (C=S) groups is 1. The molecule has 1 aliphatic rings. The van der Waals surface area contributed by atoms with Crippen molar-refractivity contribution >= 4 is 44.7 Å². The smallest absolute Gasteiger partial charge is 0.185 e. The van der Waals surface area contributed by atoms with E-state index in [4.69, 9.17) is 17.0 Å². The Hall–Kier alpha value is -2.29. The maximum Gasteiger partial charge on any atom is 0.185 e. The first-order valence-electron chi connectivity index (χ1n) is 8.92. The van der Waals surface area contributed by atoms with Gasteiger partial charge in [0.25, 0.3) is 0 Å². The number of hydrogen-bond acceptors (Lipinski definition) is 6. The van der Waals surface area contributed by atoms with E-state index in [0.29, 0.717) is 17.5 Å². The number of aromatic nitrogens is 2. The van der Waals surface area contributed by atoms with Crippen LogP contribution in [0.2, 0.25) is 0 Å². The van der Waals surface area contributed by atoms with Crippen LogP contribution < -0.4 is 16.2 Å². The molecule has 0 unspecified atom stereocenters. The lowest BCUT2D eigenvalue weighted by molar-refractivity contribution is 0.114. The monoisotopic (exact) mass is 399 g/mol. The number of hydrazine groups is 1. The molecule has 1 fully saturated rings. The molecule has 4 rings (SSSR count). The highest BCUT2D eigenvalue weighted by Crippen LogP contribution is 2.35. The lowest BCUT2D eigenvalue weighted by Gasteiger charge is -2.14. The second-order valence-electron chi connectivity index (χ2n) is 6.51. The molecule has 0 saturated carbocycles. The van der Waals surface area contributed by atoms with E-state index in [-0.39, 0.29) is 6.10 Å². The largest absolute Gasteiger partial charge is 0.376 e. The van der Waals surface area contributed by atoms with Gasteiger partial charge in [-0.15, -0.1) is 11.3 Å². The van der Waals surface area contributed by atoms with E-state index in [2.05, 4.69) is 63.4 Å². The van der Waals surface area contributed by atoms with Gasteiger partial charge in [-0.05, 0) is 43.6 Å². The Morgan fingerprint density at radius 1 is 1.33 bits per heavy atom. The van der Waals surface area contributed by atoms with Gasteiger partial charge in [-0.25, -0.2) is 9.97 Å². The second kappa shape index (κ2) is 8.16. The molecule has 3 N–H and O–H groups in total. The van der Waals surface area contributed by atoms with E-state index < -0.39 is 0 Å². The molecule has 8 heteroatoms. The Kier molecular flexibility index (Phi) is 5.47. The normalized spacial score (nSPS) is 16.4. The fourth-order valence-electron chi connectivity index (χ4n) is 3.06. The molecule has 1 aliphatic heterocycles. The first-order chi connectivity index (χ1) is 13.2. The van der Waals surface area contributed by atoms with Crippen LogP contribution in [-0.4, -0.2) is 34.3 Å². The minimum absolute atomic E-state index is 0.240. The molecule has 6 nitrogen and oxygen atoms in total. The summed E-state index contributed by atoms with van der Waals surface area (Å²) in [7, 11) is 0. The van der Waals surface area contributed by atoms with Crippen molar-refractivity contribution in [3.05, 3.63) is 42.2 Å². The van der Waals surface area contributed by atoms with Crippen LogP contribution in [0, 0.1) is 6.92 Å². The number of nitrogens with zero attached hydrogens (tertiary/aromatic N) is 2. The molecule has 0 amide bonds. The average Bonchev–Trinajstić information content (AvgIpc) is 3.34. The summed E-state index contributed by atoms with van der Waals surface area (Å²) in [5.74, 6) is 0.713. The van der Waals surface area contributed by atoms with Crippen LogP contribution in [0.15, 0.2) is 36.7 Å². The fourth-order valence-corrected chi connectivity index (χ4v) is 4.24. The molecule has 1 atom stereocenters. The average molecular weight is 400 g/mol. The molecule has 0 bridgehead atoms. The number of ether oxygens (including phenoxy) is 1. The van der Waals surface area contributed by atoms with Crippen LogP contribution in [0.4, 0.5) is 5.82 Å². The zero-order valence-electron chi connectivity index (χ0n) is 15.0. The summed E-state index contributed by atoms with van der Waals surface area (Å²) in [6.45, 7) is 3.65. The van der Waals surface area contributed by atoms with Crippen molar-refractivity contribution in [3.63, 3.8) is 0 Å². The van der Waals surface area contributed by atoms with Crippen molar-refractivity contribution in [1.29, 1.82) is 0 Å². The molecule has 27 heavy (non-hydrogen) atoms. The minimum atomic E-state index is 0.240. The van der Waals surface area contributed by atoms with Gasteiger partial charge in [-0.3, -0.25) is 10.9 Å². The lowest BCUT2D eigenvalue weighted by atomic mass is 10.1. The van der Waals surface area contributed by atoms with Crippen molar-refractivity contribution in [2.45, 2.75) is 25.9 Å². The third-order valence-electron chi connectivity index (χ3n) is 4.42. The van der Waals surface area contributed by atoms with Crippen molar-refractivity contribution in [2.24, 2.45) is 0 Å². The van der Waals surface area contributed by atoms with E-state index >= 15 is 0 Å². The maximum absolute atomic E-state index is 5.59. The first kappa shape index (κ1) is 18.1. The van der Waals surface area contributed by atoms with Crippen LogP contribution in [-0.2, 0) is 4.74 Å². The van der Waals surface area contributed by atoms with E-state index in [1.54, 1.807) is 17.7 Å². The molecular formula is C19H21N5OS2. The highest BCUT2D eigenvalue weighted by molar-refractivity contribution is 7.80. The Morgan fingerprint density at radius 3 is 3.07 bits per heavy atom. The summed E-state index contributed by atoms with van der Waals surface area (Å²) in [5.41, 5.74) is 9.44. The van der Waals surface area contributed by atoms with Gasteiger partial charge in [-0.2, -0.15) is 0 Å². The predicted octanol–water partition coefficient (Wildman–Crippen LogP) is 3.64. The summed E-state index contributed by atoms with van der Waals surface area (Å²) in [5, 5.41) is 3.69. The molecule has 3 aromatic rings. The van der Waals surface area contributed by atoms with Gasteiger partial charge in [0, 0.05) is 18.0 Å². The number of rotatable bonds is 5. The summed E-state index contributed by atoms with van der Waals surface area (Å²) < 4.78 is 6.58. The standard InChI is InChI=1S/C19H21N5OS2/c1-12-4-2-5-13(8-12)16-9-15-17(27-16)18(22-11-21-15)23-24-19(26)20-10-14-6-3-7-25-14/h2,4-5,8-9,11,14H,3,6-7,10H2,1H3,(H2,20,24,26)(H,21,22,23)/t14-/m0/s1. The van der Waals surface area contributed by atoms with Gasteiger partial charge < -0.3 is 10.1 Å². The number of anilines is 1. The van der Waals surface area contributed by atoms with Crippen LogP contribution in [0.1, 0.15) is 18.4 Å². The van der Waals surface area contributed by atoms with Crippen molar-refractivity contribution in [3.8, 4) is 10.4 Å². The second-order valence-corrected chi connectivity index (χ2v) is 7.97. The van der Waals surface area contributed by atoms with Gasteiger partial charge in [-0.1, -0.05) is 29.8 Å². The number of nitrogens with one attached hydrogen (secondary N) is 3. The number of fused-ring (bicyclic) bond motifs is 1. The van der Waals surface area contributed by atoms with Crippen LogP contribution in [0.3, 0.4) is 0 Å². The highest BCUT2D eigenvalue weighted by atomic mass is 32.1. The van der Waals surface area contributed by atoms with E-state index in [9.17, 15) is 0 Å².